The van der Waals surface area contributed by atoms with Crippen molar-refractivity contribution in [1.29, 1.82) is 0 Å². The summed E-state index contributed by atoms with van der Waals surface area (Å²) in [4.78, 5) is 32.1. The Morgan fingerprint density at radius 1 is 1.04 bits per heavy atom. The van der Waals surface area contributed by atoms with Gasteiger partial charge in [-0.25, -0.2) is 10.1 Å². The van der Waals surface area contributed by atoms with Gasteiger partial charge in [0.1, 0.15) is 11.3 Å². The topological polar surface area (TPSA) is 113 Å². The molecule has 0 spiro atoms. The van der Waals surface area contributed by atoms with Crippen LogP contribution in [0.25, 0.3) is 20.8 Å². The fourth-order valence-electron chi connectivity index (χ4n) is 2.47. The smallest absolute Gasteiger partial charge is 0.316 e. The van der Waals surface area contributed by atoms with Gasteiger partial charge in [-0.15, -0.1) is 11.3 Å². The maximum absolute atomic E-state index is 11.9. The zero-order valence-corrected chi connectivity index (χ0v) is 15.0. The van der Waals surface area contributed by atoms with Crippen LogP contribution in [0.5, 0.6) is 0 Å². The molecule has 134 valence electrons. The molecule has 4 aromatic rings. The number of H-pyrrole nitrogens is 1. The second kappa shape index (κ2) is 6.96. The summed E-state index contributed by atoms with van der Waals surface area (Å²) in [5.74, 6) is -1.52. The summed E-state index contributed by atoms with van der Waals surface area (Å²) in [6.45, 7) is 2.05. The van der Waals surface area contributed by atoms with Crippen LogP contribution in [0.15, 0.2) is 48.8 Å². The van der Waals surface area contributed by atoms with E-state index in [1.165, 1.54) is 11.9 Å². The highest BCUT2D eigenvalue weighted by Crippen LogP contribution is 2.31. The third kappa shape index (κ3) is 3.67. The average Bonchev–Trinajstić information content (AvgIpc) is 3.31. The molecule has 0 atom stereocenters. The van der Waals surface area contributed by atoms with Gasteiger partial charge in [-0.1, -0.05) is 6.07 Å². The van der Waals surface area contributed by atoms with Gasteiger partial charge in [-0.3, -0.25) is 14.9 Å². The Bertz CT molecular complexity index is 1120. The SMILES string of the molecule is Cc1ccc2nc(-c3ccc(NC(=O)C(=O)Nc4ncn[nH]4)cc3)sc2c1. The van der Waals surface area contributed by atoms with E-state index >= 15 is 0 Å². The van der Waals surface area contributed by atoms with Crippen molar-refractivity contribution in [2.75, 3.05) is 10.6 Å². The van der Waals surface area contributed by atoms with E-state index in [9.17, 15) is 9.59 Å². The second-order valence-corrected chi connectivity index (χ2v) is 6.84. The molecule has 0 aliphatic carbocycles. The van der Waals surface area contributed by atoms with Crippen molar-refractivity contribution in [3.63, 3.8) is 0 Å². The highest BCUT2D eigenvalue weighted by molar-refractivity contribution is 7.21. The molecule has 27 heavy (non-hydrogen) atoms. The van der Waals surface area contributed by atoms with Crippen LogP contribution in [0, 0.1) is 6.92 Å². The van der Waals surface area contributed by atoms with Crippen molar-refractivity contribution in [3.8, 4) is 10.6 Å². The van der Waals surface area contributed by atoms with E-state index in [0.717, 1.165) is 20.8 Å². The molecule has 4 rings (SSSR count). The summed E-state index contributed by atoms with van der Waals surface area (Å²) in [5.41, 5.74) is 3.60. The molecule has 0 aliphatic heterocycles. The van der Waals surface area contributed by atoms with Crippen molar-refractivity contribution in [2.45, 2.75) is 6.92 Å². The summed E-state index contributed by atoms with van der Waals surface area (Å²) in [5, 5.41) is 11.8. The Labute approximate surface area is 157 Å². The Morgan fingerprint density at radius 2 is 1.81 bits per heavy atom. The number of aryl methyl sites for hydroxylation is 1. The van der Waals surface area contributed by atoms with Crippen LogP contribution < -0.4 is 10.6 Å². The second-order valence-electron chi connectivity index (χ2n) is 5.81. The molecule has 2 aromatic heterocycles. The predicted octanol–water partition coefficient (Wildman–Crippen LogP) is 2.97. The van der Waals surface area contributed by atoms with Gasteiger partial charge >= 0.3 is 11.8 Å². The van der Waals surface area contributed by atoms with Crippen LogP contribution in [0.1, 0.15) is 5.56 Å². The third-order valence-electron chi connectivity index (χ3n) is 3.79. The van der Waals surface area contributed by atoms with E-state index in [4.69, 9.17) is 0 Å². The summed E-state index contributed by atoms with van der Waals surface area (Å²) < 4.78 is 1.13. The first-order chi connectivity index (χ1) is 13.1. The van der Waals surface area contributed by atoms with E-state index in [-0.39, 0.29) is 5.95 Å². The number of nitrogens with one attached hydrogen (secondary N) is 3. The number of aromatic nitrogens is 4. The zero-order chi connectivity index (χ0) is 18.8. The first kappa shape index (κ1) is 16.9. The normalized spacial score (nSPS) is 10.7. The molecule has 0 bridgehead atoms. The van der Waals surface area contributed by atoms with Gasteiger partial charge in [0.2, 0.25) is 5.95 Å². The molecule has 0 aliphatic rings. The minimum atomic E-state index is -0.836. The van der Waals surface area contributed by atoms with Gasteiger partial charge in [0.25, 0.3) is 0 Å². The average molecular weight is 378 g/mol. The Morgan fingerprint density at radius 3 is 2.56 bits per heavy atom. The number of fused-ring (bicyclic) bond motifs is 1. The van der Waals surface area contributed by atoms with Crippen molar-refractivity contribution in [3.05, 3.63) is 54.4 Å². The zero-order valence-electron chi connectivity index (χ0n) is 14.2. The lowest BCUT2D eigenvalue weighted by Gasteiger charge is -2.05. The molecule has 9 heteroatoms. The summed E-state index contributed by atoms with van der Waals surface area (Å²) >= 11 is 1.61. The van der Waals surface area contributed by atoms with Gasteiger partial charge in [0.05, 0.1) is 10.2 Å². The predicted molar refractivity (Wildman–Crippen MR) is 103 cm³/mol. The van der Waals surface area contributed by atoms with Crippen LogP contribution >= 0.6 is 11.3 Å². The van der Waals surface area contributed by atoms with Crippen LogP contribution in [0.3, 0.4) is 0 Å². The third-order valence-corrected chi connectivity index (χ3v) is 4.85. The van der Waals surface area contributed by atoms with Crippen molar-refractivity contribution in [1.82, 2.24) is 20.2 Å². The van der Waals surface area contributed by atoms with E-state index < -0.39 is 11.8 Å². The fraction of sp³-hybridized carbons (Fsp3) is 0.0556. The first-order valence-corrected chi connectivity index (χ1v) is 8.85. The lowest BCUT2D eigenvalue weighted by Crippen LogP contribution is -2.29. The van der Waals surface area contributed by atoms with Crippen molar-refractivity contribution >= 4 is 45.0 Å². The van der Waals surface area contributed by atoms with E-state index in [2.05, 4.69) is 43.8 Å². The Balaban J connectivity index is 1.46. The number of carbonyl (C=O) groups excluding carboxylic acids is 2. The van der Waals surface area contributed by atoms with Gasteiger partial charge < -0.3 is 5.32 Å². The van der Waals surface area contributed by atoms with Gasteiger partial charge in [-0.05, 0) is 48.9 Å². The van der Waals surface area contributed by atoms with Crippen LogP contribution in [0.4, 0.5) is 11.6 Å². The summed E-state index contributed by atoms with van der Waals surface area (Å²) in [6, 6.07) is 13.3. The summed E-state index contributed by atoms with van der Waals surface area (Å²) in [6.07, 6.45) is 1.23. The highest BCUT2D eigenvalue weighted by Gasteiger charge is 2.15. The number of hydrogen-bond acceptors (Lipinski definition) is 6. The molecule has 2 amide bonds. The minimum Gasteiger partial charge on any atom is -0.318 e. The molecule has 3 N–H and O–H groups in total. The maximum atomic E-state index is 11.9. The highest BCUT2D eigenvalue weighted by atomic mass is 32.1. The maximum Gasteiger partial charge on any atom is 0.316 e. The molecule has 0 unspecified atom stereocenters. The quantitative estimate of drug-likeness (QED) is 0.475. The molecule has 0 fully saturated rings. The molecule has 0 radical (unpaired) electrons. The summed E-state index contributed by atoms with van der Waals surface area (Å²) in [7, 11) is 0. The van der Waals surface area contributed by atoms with Crippen molar-refractivity contribution in [2.24, 2.45) is 0 Å². The number of hydrogen-bond donors (Lipinski definition) is 3. The number of amides is 2. The lowest BCUT2D eigenvalue weighted by atomic mass is 10.2. The molecular weight excluding hydrogens is 364 g/mol. The Kier molecular flexibility index (Phi) is 4.35. The van der Waals surface area contributed by atoms with E-state index in [1.807, 2.05) is 24.3 Å². The number of carbonyl (C=O) groups is 2. The number of anilines is 2. The van der Waals surface area contributed by atoms with Gasteiger partial charge in [0.15, 0.2) is 0 Å². The molecule has 0 saturated carbocycles. The number of thiazole rings is 1. The monoisotopic (exact) mass is 378 g/mol. The van der Waals surface area contributed by atoms with Crippen LogP contribution in [-0.4, -0.2) is 32.0 Å². The minimum absolute atomic E-state index is 0.108. The number of nitrogens with zero attached hydrogens (tertiary/aromatic N) is 3. The largest absolute Gasteiger partial charge is 0.318 e. The van der Waals surface area contributed by atoms with Gasteiger partial charge in [-0.2, -0.15) is 10.1 Å². The van der Waals surface area contributed by atoms with Crippen molar-refractivity contribution < 1.29 is 9.59 Å². The first-order valence-electron chi connectivity index (χ1n) is 8.04. The van der Waals surface area contributed by atoms with Crippen LogP contribution in [0.2, 0.25) is 0 Å². The van der Waals surface area contributed by atoms with Crippen LogP contribution in [-0.2, 0) is 9.59 Å². The molecule has 2 aromatic carbocycles. The number of rotatable bonds is 3. The van der Waals surface area contributed by atoms with Gasteiger partial charge in [0, 0.05) is 11.3 Å². The van der Waals surface area contributed by atoms with E-state index in [0.29, 0.717) is 5.69 Å². The molecule has 8 nitrogen and oxygen atoms in total. The molecule has 2 heterocycles. The number of benzene rings is 2. The lowest BCUT2D eigenvalue weighted by molar-refractivity contribution is -0.133. The number of aromatic amines is 1. The molecular formula is C18H14N6O2S. The standard InChI is InChI=1S/C18H14N6O2S/c1-10-2-7-13-14(8-10)27-17(22-13)11-3-5-12(6-4-11)21-15(25)16(26)23-18-19-9-20-24-18/h2-9H,1H3,(H,21,25)(H2,19,20,23,24,26). The fourth-order valence-corrected chi connectivity index (χ4v) is 3.54. The van der Waals surface area contributed by atoms with E-state index in [1.54, 1.807) is 23.5 Å². The molecule has 0 saturated heterocycles. The Hall–Kier alpha value is -3.59.